The maximum Gasteiger partial charge on any atom is 0.364 e. The fourth-order valence-corrected chi connectivity index (χ4v) is 2.40. The van der Waals surface area contributed by atoms with Gasteiger partial charge in [0.25, 0.3) is 0 Å². The number of aromatic nitrogens is 2. The van der Waals surface area contributed by atoms with Gasteiger partial charge in [0.1, 0.15) is 11.3 Å². The largest absolute Gasteiger partial charge is 0.497 e. The van der Waals surface area contributed by atoms with Crippen LogP contribution in [0.3, 0.4) is 0 Å². The Labute approximate surface area is 115 Å². The first-order valence-electron chi connectivity index (χ1n) is 6.56. The molecule has 0 radical (unpaired) electrons. The highest BCUT2D eigenvalue weighted by atomic mass is 16.5. The Morgan fingerprint density at radius 1 is 1.40 bits per heavy atom. The summed E-state index contributed by atoms with van der Waals surface area (Å²) < 4.78 is 12.5. The van der Waals surface area contributed by atoms with Crippen molar-refractivity contribution in [1.82, 2.24) is 9.55 Å². The Morgan fingerprint density at radius 3 is 2.90 bits per heavy atom. The molecule has 0 unspecified atom stereocenters. The number of benzene rings is 1. The third kappa shape index (κ3) is 1.95. The highest BCUT2D eigenvalue weighted by molar-refractivity contribution is 6.01. The van der Waals surface area contributed by atoms with Gasteiger partial charge >= 0.3 is 5.63 Å². The first-order chi connectivity index (χ1) is 9.60. The van der Waals surface area contributed by atoms with Crippen LogP contribution in [0, 0.1) is 5.92 Å². The topological polar surface area (TPSA) is 57.3 Å². The van der Waals surface area contributed by atoms with E-state index >= 15 is 0 Å². The molecule has 3 aromatic rings. The molecule has 0 spiro atoms. The van der Waals surface area contributed by atoms with E-state index in [2.05, 4.69) is 18.8 Å². The summed E-state index contributed by atoms with van der Waals surface area (Å²) in [4.78, 5) is 16.2. The lowest BCUT2D eigenvalue weighted by atomic mass is 10.2. The minimum absolute atomic E-state index is 0.378. The summed E-state index contributed by atoms with van der Waals surface area (Å²) in [6.07, 6.45) is 1.70. The lowest BCUT2D eigenvalue weighted by molar-refractivity contribution is 0.414. The monoisotopic (exact) mass is 272 g/mol. The summed E-state index contributed by atoms with van der Waals surface area (Å²) in [5.41, 5.74) is 1.31. The zero-order valence-electron chi connectivity index (χ0n) is 11.7. The first kappa shape index (κ1) is 12.7. The molecule has 0 amide bonds. The Balaban J connectivity index is 2.37. The summed E-state index contributed by atoms with van der Waals surface area (Å²) in [6, 6.07) is 5.48. The van der Waals surface area contributed by atoms with Crippen molar-refractivity contribution >= 4 is 22.0 Å². The van der Waals surface area contributed by atoms with Crippen molar-refractivity contribution in [3.05, 3.63) is 34.9 Å². The number of fused-ring (bicyclic) bond motifs is 3. The van der Waals surface area contributed by atoms with Gasteiger partial charge in [-0.05, 0) is 18.1 Å². The second kappa shape index (κ2) is 4.67. The molecule has 0 saturated heterocycles. The van der Waals surface area contributed by atoms with Crippen molar-refractivity contribution in [2.75, 3.05) is 7.11 Å². The van der Waals surface area contributed by atoms with Crippen LogP contribution in [-0.2, 0) is 6.54 Å². The van der Waals surface area contributed by atoms with Gasteiger partial charge in [-0.15, -0.1) is 0 Å². The zero-order valence-corrected chi connectivity index (χ0v) is 11.7. The van der Waals surface area contributed by atoms with E-state index in [1.807, 2.05) is 16.7 Å². The van der Waals surface area contributed by atoms with Gasteiger partial charge in [-0.3, -0.25) is 0 Å². The molecule has 0 bridgehead atoms. The van der Waals surface area contributed by atoms with Gasteiger partial charge in [-0.25, -0.2) is 9.78 Å². The second-order valence-electron chi connectivity index (χ2n) is 5.24. The summed E-state index contributed by atoms with van der Waals surface area (Å²) in [6.45, 7) is 5.06. The third-order valence-electron chi connectivity index (χ3n) is 3.24. The number of methoxy groups -OCH3 is 1. The summed E-state index contributed by atoms with van der Waals surface area (Å²) in [7, 11) is 1.58. The Morgan fingerprint density at radius 2 is 2.20 bits per heavy atom. The van der Waals surface area contributed by atoms with Gasteiger partial charge < -0.3 is 13.7 Å². The molecule has 3 rings (SSSR count). The van der Waals surface area contributed by atoms with Crippen LogP contribution in [0.4, 0.5) is 0 Å². The molecule has 1 aromatic carbocycles. The van der Waals surface area contributed by atoms with E-state index in [0.29, 0.717) is 22.8 Å². The smallest absolute Gasteiger partial charge is 0.364 e. The molecule has 0 aliphatic rings. The molecule has 20 heavy (non-hydrogen) atoms. The molecule has 0 N–H and O–H groups in total. The van der Waals surface area contributed by atoms with Crippen molar-refractivity contribution in [2.24, 2.45) is 5.92 Å². The van der Waals surface area contributed by atoms with Crippen molar-refractivity contribution in [2.45, 2.75) is 20.4 Å². The van der Waals surface area contributed by atoms with E-state index in [0.717, 1.165) is 17.4 Å². The van der Waals surface area contributed by atoms with Gasteiger partial charge in [0.05, 0.1) is 19.0 Å². The van der Waals surface area contributed by atoms with Gasteiger partial charge in [0.15, 0.2) is 5.52 Å². The van der Waals surface area contributed by atoms with Crippen molar-refractivity contribution in [1.29, 1.82) is 0 Å². The number of imidazole rings is 1. The standard InChI is InChI=1S/C15H16N2O3/c1-9(2)7-17-8-16-13-14(17)11-5-4-10(19-3)6-12(11)20-15(13)18/h4-6,8-9H,7H2,1-3H3. The zero-order chi connectivity index (χ0) is 14.3. The van der Waals surface area contributed by atoms with E-state index in [1.165, 1.54) is 0 Å². The second-order valence-corrected chi connectivity index (χ2v) is 5.24. The van der Waals surface area contributed by atoms with E-state index in [1.54, 1.807) is 19.5 Å². The SMILES string of the molecule is COc1ccc2c(c1)oc(=O)c1ncn(CC(C)C)c12. The molecule has 2 heterocycles. The van der Waals surface area contributed by atoms with Crippen LogP contribution < -0.4 is 10.4 Å². The average Bonchev–Trinajstić information content (AvgIpc) is 2.82. The Hall–Kier alpha value is -2.30. The van der Waals surface area contributed by atoms with E-state index in [9.17, 15) is 4.79 Å². The minimum atomic E-state index is -0.414. The minimum Gasteiger partial charge on any atom is -0.497 e. The molecular weight excluding hydrogens is 256 g/mol. The molecule has 0 aliphatic heterocycles. The summed E-state index contributed by atoms with van der Waals surface area (Å²) >= 11 is 0. The van der Waals surface area contributed by atoms with Crippen LogP contribution >= 0.6 is 0 Å². The van der Waals surface area contributed by atoms with Crippen molar-refractivity contribution in [3.63, 3.8) is 0 Å². The molecule has 2 aromatic heterocycles. The molecule has 0 atom stereocenters. The van der Waals surface area contributed by atoms with Gasteiger partial charge in [0.2, 0.25) is 0 Å². The van der Waals surface area contributed by atoms with Gasteiger partial charge in [-0.2, -0.15) is 0 Å². The van der Waals surface area contributed by atoms with E-state index in [-0.39, 0.29) is 0 Å². The van der Waals surface area contributed by atoms with Crippen LogP contribution in [0.1, 0.15) is 13.8 Å². The molecule has 5 heteroatoms. The fraction of sp³-hybridized carbons (Fsp3) is 0.333. The normalized spacial score (nSPS) is 11.6. The van der Waals surface area contributed by atoms with Crippen molar-refractivity contribution < 1.29 is 9.15 Å². The molecule has 104 valence electrons. The molecular formula is C15H16N2O3. The van der Waals surface area contributed by atoms with Crippen LogP contribution in [0.2, 0.25) is 0 Å². The Kier molecular flexibility index (Phi) is 2.97. The predicted octanol–water partition coefficient (Wildman–Crippen LogP) is 2.81. The highest BCUT2D eigenvalue weighted by Gasteiger charge is 2.14. The summed E-state index contributed by atoms with van der Waals surface area (Å²) in [5, 5.41) is 0.874. The summed E-state index contributed by atoms with van der Waals surface area (Å²) in [5.74, 6) is 1.13. The quantitative estimate of drug-likeness (QED) is 0.688. The lowest BCUT2D eigenvalue weighted by Gasteiger charge is -2.09. The van der Waals surface area contributed by atoms with Crippen molar-refractivity contribution in [3.8, 4) is 5.75 Å². The maximum absolute atomic E-state index is 12.0. The maximum atomic E-state index is 12.0. The molecule has 0 saturated carbocycles. The molecule has 5 nitrogen and oxygen atoms in total. The first-order valence-corrected chi connectivity index (χ1v) is 6.56. The lowest BCUT2D eigenvalue weighted by Crippen LogP contribution is -2.05. The number of ether oxygens (including phenoxy) is 1. The number of hydrogen-bond donors (Lipinski definition) is 0. The average molecular weight is 272 g/mol. The van der Waals surface area contributed by atoms with Crippen LogP contribution in [0.15, 0.2) is 33.7 Å². The Bertz CT molecular complexity index is 830. The fourth-order valence-electron chi connectivity index (χ4n) is 2.40. The van der Waals surface area contributed by atoms with E-state index < -0.39 is 5.63 Å². The number of hydrogen-bond acceptors (Lipinski definition) is 4. The predicted molar refractivity (Wildman–Crippen MR) is 77.2 cm³/mol. The number of nitrogens with zero attached hydrogens (tertiary/aromatic N) is 2. The number of rotatable bonds is 3. The van der Waals surface area contributed by atoms with Crippen LogP contribution in [-0.4, -0.2) is 16.7 Å². The third-order valence-corrected chi connectivity index (χ3v) is 3.24. The van der Waals surface area contributed by atoms with E-state index in [4.69, 9.17) is 9.15 Å². The molecule has 0 aliphatic carbocycles. The highest BCUT2D eigenvalue weighted by Crippen LogP contribution is 2.26. The van der Waals surface area contributed by atoms with Gasteiger partial charge in [-0.1, -0.05) is 13.8 Å². The van der Waals surface area contributed by atoms with Crippen LogP contribution in [0.5, 0.6) is 5.75 Å². The van der Waals surface area contributed by atoms with Gasteiger partial charge in [0, 0.05) is 18.0 Å². The van der Waals surface area contributed by atoms with Crippen LogP contribution in [0.25, 0.3) is 22.0 Å². The molecule has 0 fully saturated rings.